The highest BCUT2D eigenvalue weighted by Gasteiger charge is 2.46. The molecule has 2 atom stereocenters. The molecule has 3 heterocycles. The summed E-state index contributed by atoms with van der Waals surface area (Å²) in [6, 6.07) is 9.84. The van der Waals surface area contributed by atoms with E-state index in [1.54, 1.807) is 4.57 Å². The minimum atomic E-state index is -3.22. The number of carbonyl (C=O) groups excluding carboxylic acids is 1. The molecule has 0 saturated carbocycles. The van der Waals surface area contributed by atoms with Crippen molar-refractivity contribution in [3.05, 3.63) is 62.9 Å². The van der Waals surface area contributed by atoms with Gasteiger partial charge < -0.3 is 9.30 Å². The molecule has 0 bridgehead atoms. The number of hydrogen-bond donors (Lipinski definition) is 0. The summed E-state index contributed by atoms with van der Waals surface area (Å²) >= 11 is 0. The van der Waals surface area contributed by atoms with Gasteiger partial charge in [-0.2, -0.15) is 0 Å². The summed E-state index contributed by atoms with van der Waals surface area (Å²) in [7, 11) is -3.22. The van der Waals surface area contributed by atoms with Crippen LogP contribution in [0.15, 0.2) is 35.1 Å². The molecule has 208 valence electrons. The van der Waals surface area contributed by atoms with Gasteiger partial charge in [0.1, 0.15) is 0 Å². The SMILES string of the molecule is CC[C@@]1(OC(C)C)C(=O)CCc2c1cc1n(c2=O)Cc2c-1nc1ccccc1c2CCC(C(C)C)S(C)(=O)=O. The summed E-state index contributed by atoms with van der Waals surface area (Å²) in [5.74, 6) is 0.00906. The van der Waals surface area contributed by atoms with Crippen LogP contribution in [0.1, 0.15) is 76.1 Å². The molecule has 0 N–H and O–H groups in total. The standard InChI is InChI=1S/C31H38N2O5S/c1-7-31(38-19(4)5)24-16-26-29-23(17-33(26)30(35)22(24)13-15-28(31)34)20(21-10-8-9-11-25(21)32-29)12-14-27(18(2)3)39(6,36)37/h8-11,16,18-19,27H,7,12-15,17H2,1-6H3/t27?,31-/m0/s1. The molecule has 7 nitrogen and oxygen atoms in total. The van der Waals surface area contributed by atoms with Crippen molar-refractivity contribution in [2.75, 3.05) is 6.26 Å². The van der Waals surface area contributed by atoms with Crippen molar-refractivity contribution in [3.8, 4) is 11.4 Å². The maximum Gasteiger partial charge on any atom is 0.254 e. The first-order valence-corrected chi connectivity index (χ1v) is 15.9. The van der Waals surface area contributed by atoms with Gasteiger partial charge in [-0.05, 0) is 63.1 Å². The second kappa shape index (κ2) is 9.97. The van der Waals surface area contributed by atoms with E-state index in [1.165, 1.54) is 6.26 Å². The van der Waals surface area contributed by atoms with E-state index in [9.17, 15) is 18.0 Å². The normalized spacial score (nSPS) is 19.4. The number of pyridine rings is 2. The molecule has 0 amide bonds. The maximum absolute atomic E-state index is 14.0. The number of carbonyl (C=O) groups is 1. The number of nitrogens with zero attached hydrogens (tertiary/aromatic N) is 2. The summed E-state index contributed by atoms with van der Waals surface area (Å²) in [6.07, 6.45) is 3.33. The highest BCUT2D eigenvalue weighted by atomic mass is 32.2. The average molecular weight is 551 g/mol. The third-order valence-electron chi connectivity index (χ3n) is 8.47. The highest BCUT2D eigenvalue weighted by molar-refractivity contribution is 7.91. The third kappa shape index (κ3) is 4.55. The van der Waals surface area contributed by atoms with Crippen molar-refractivity contribution in [1.29, 1.82) is 0 Å². The number of aromatic nitrogens is 2. The van der Waals surface area contributed by atoms with E-state index in [2.05, 4.69) is 0 Å². The van der Waals surface area contributed by atoms with Crippen LogP contribution in [0.2, 0.25) is 0 Å². The summed E-state index contributed by atoms with van der Waals surface area (Å²) in [6.45, 7) is 10.0. The number of ketones is 1. The molecule has 1 aromatic carbocycles. The molecule has 1 aliphatic heterocycles. The zero-order valence-corrected chi connectivity index (χ0v) is 24.5. The van der Waals surface area contributed by atoms with Crippen LogP contribution in [-0.4, -0.2) is 41.4 Å². The van der Waals surface area contributed by atoms with Crippen molar-refractivity contribution < 1.29 is 17.9 Å². The fourth-order valence-electron chi connectivity index (χ4n) is 6.71. The minimum absolute atomic E-state index is 0.00616. The largest absolute Gasteiger partial charge is 0.360 e. The first-order chi connectivity index (χ1) is 18.4. The van der Waals surface area contributed by atoms with E-state index in [0.29, 0.717) is 49.0 Å². The summed E-state index contributed by atoms with van der Waals surface area (Å²) < 4.78 is 33.2. The summed E-state index contributed by atoms with van der Waals surface area (Å²) in [5.41, 5.74) is 4.33. The molecule has 0 spiro atoms. The van der Waals surface area contributed by atoms with Crippen molar-refractivity contribution in [3.63, 3.8) is 0 Å². The Balaban J connectivity index is 1.71. The minimum Gasteiger partial charge on any atom is -0.360 e. The van der Waals surface area contributed by atoms with Crippen molar-refractivity contribution in [1.82, 2.24) is 9.55 Å². The smallest absolute Gasteiger partial charge is 0.254 e. The molecule has 3 aromatic rings. The summed E-state index contributed by atoms with van der Waals surface area (Å²) in [5, 5.41) is 0.530. The van der Waals surface area contributed by atoms with Gasteiger partial charge in [0.05, 0.1) is 34.8 Å². The van der Waals surface area contributed by atoms with Gasteiger partial charge in [0.25, 0.3) is 5.56 Å². The van der Waals surface area contributed by atoms with Crippen LogP contribution in [0, 0.1) is 5.92 Å². The lowest BCUT2D eigenvalue weighted by molar-refractivity contribution is -0.155. The predicted molar refractivity (Wildman–Crippen MR) is 154 cm³/mol. The van der Waals surface area contributed by atoms with Crippen LogP contribution in [0.4, 0.5) is 0 Å². The van der Waals surface area contributed by atoms with Crippen LogP contribution in [-0.2, 0) is 44.4 Å². The lowest BCUT2D eigenvalue weighted by atomic mass is 9.76. The Kier molecular flexibility index (Phi) is 7.08. The van der Waals surface area contributed by atoms with Gasteiger partial charge in [0.2, 0.25) is 0 Å². The van der Waals surface area contributed by atoms with Crippen LogP contribution < -0.4 is 5.56 Å². The Morgan fingerprint density at radius 1 is 1.08 bits per heavy atom. The zero-order chi connectivity index (χ0) is 28.3. The molecule has 2 aliphatic rings. The number of Topliss-reactive ketones (excluding diaryl/α,β-unsaturated/α-hetero) is 1. The van der Waals surface area contributed by atoms with Crippen molar-refractivity contribution in [2.24, 2.45) is 5.92 Å². The molecule has 1 aliphatic carbocycles. The van der Waals surface area contributed by atoms with Crippen LogP contribution in [0.25, 0.3) is 22.3 Å². The van der Waals surface area contributed by atoms with Gasteiger partial charge in [-0.3, -0.25) is 9.59 Å². The van der Waals surface area contributed by atoms with Crippen molar-refractivity contribution in [2.45, 2.75) is 90.2 Å². The topological polar surface area (TPSA) is 95.3 Å². The van der Waals surface area contributed by atoms with E-state index < -0.39 is 20.7 Å². The molecule has 0 radical (unpaired) electrons. The average Bonchev–Trinajstić information content (AvgIpc) is 3.23. The molecule has 8 heteroatoms. The van der Waals surface area contributed by atoms with E-state index >= 15 is 0 Å². The van der Waals surface area contributed by atoms with Crippen molar-refractivity contribution >= 4 is 26.5 Å². The van der Waals surface area contributed by atoms with Gasteiger partial charge >= 0.3 is 0 Å². The number of ether oxygens (including phenoxy) is 1. The molecule has 0 saturated heterocycles. The Bertz CT molecular complexity index is 1640. The predicted octanol–water partition coefficient (Wildman–Crippen LogP) is 4.97. The number of hydrogen-bond acceptors (Lipinski definition) is 6. The van der Waals surface area contributed by atoms with Gasteiger partial charge in [-0.25, -0.2) is 13.4 Å². The summed E-state index contributed by atoms with van der Waals surface area (Å²) in [4.78, 5) is 32.3. The number of para-hydroxylation sites is 1. The first kappa shape index (κ1) is 27.7. The fraction of sp³-hybridized carbons (Fsp3) is 0.516. The van der Waals surface area contributed by atoms with E-state index in [4.69, 9.17) is 9.72 Å². The maximum atomic E-state index is 14.0. The molecule has 2 aromatic heterocycles. The first-order valence-electron chi connectivity index (χ1n) is 14.0. The number of rotatable bonds is 8. The van der Waals surface area contributed by atoms with Crippen LogP contribution in [0.3, 0.4) is 0 Å². The van der Waals surface area contributed by atoms with Gasteiger partial charge in [0.15, 0.2) is 21.2 Å². The molecule has 0 fully saturated rings. The Morgan fingerprint density at radius 3 is 2.44 bits per heavy atom. The Morgan fingerprint density at radius 2 is 1.79 bits per heavy atom. The van der Waals surface area contributed by atoms with Gasteiger partial charge in [-0.15, -0.1) is 0 Å². The Labute approximate surface area is 230 Å². The molecular weight excluding hydrogens is 512 g/mol. The quantitative estimate of drug-likeness (QED) is 0.307. The molecule has 39 heavy (non-hydrogen) atoms. The number of sulfone groups is 1. The van der Waals surface area contributed by atoms with Crippen LogP contribution in [0.5, 0.6) is 0 Å². The highest BCUT2D eigenvalue weighted by Crippen LogP contribution is 2.43. The zero-order valence-electron chi connectivity index (χ0n) is 23.7. The van der Waals surface area contributed by atoms with Crippen LogP contribution >= 0.6 is 0 Å². The molecular formula is C31H38N2O5S. The molecule has 1 unspecified atom stereocenters. The number of benzene rings is 1. The van der Waals surface area contributed by atoms with E-state index in [1.807, 2.05) is 65.0 Å². The molecule has 5 rings (SSSR count). The number of aryl methyl sites for hydroxylation is 1. The van der Waals surface area contributed by atoms with E-state index in [-0.39, 0.29) is 29.8 Å². The second-order valence-electron chi connectivity index (χ2n) is 11.7. The second-order valence-corrected chi connectivity index (χ2v) is 13.9. The lowest BCUT2D eigenvalue weighted by Gasteiger charge is -2.38. The van der Waals surface area contributed by atoms with Gasteiger partial charge in [0, 0.05) is 34.8 Å². The van der Waals surface area contributed by atoms with E-state index in [0.717, 1.165) is 27.7 Å². The Hall–Kier alpha value is -2.84. The third-order valence-corrected chi connectivity index (χ3v) is 10.3. The monoisotopic (exact) mass is 550 g/mol. The van der Waals surface area contributed by atoms with Gasteiger partial charge in [-0.1, -0.05) is 39.0 Å². The lowest BCUT2D eigenvalue weighted by Crippen LogP contribution is -2.46. The fourth-order valence-corrected chi connectivity index (χ4v) is 8.25. The number of fused-ring (bicyclic) bond motifs is 5.